The van der Waals surface area contributed by atoms with E-state index in [2.05, 4.69) is 39.0 Å². The number of carbonyl (C=O) groups excluding carboxylic acids is 1. The molecule has 3 rings (SSSR count). The zero-order valence-corrected chi connectivity index (χ0v) is 17.4. The summed E-state index contributed by atoms with van der Waals surface area (Å²) < 4.78 is 5.42. The van der Waals surface area contributed by atoms with E-state index in [0.717, 1.165) is 50.0 Å². The van der Waals surface area contributed by atoms with Crippen LogP contribution in [-0.4, -0.2) is 19.0 Å². The van der Waals surface area contributed by atoms with Crippen LogP contribution in [0.4, 0.5) is 0 Å². The summed E-state index contributed by atoms with van der Waals surface area (Å²) in [5.41, 5.74) is 5.60. The molecule has 0 spiro atoms. The molecule has 0 amide bonds. The molecule has 1 aliphatic carbocycles. The fourth-order valence-electron chi connectivity index (χ4n) is 3.97. The SMILES string of the molecule is Cc1cc(C)c(C2=[C-]CC(CC3CCOCC3)C2=O)c(C)c1.[Na+].[OH3+]. The van der Waals surface area contributed by atoms with Crippen molar-refractivity contribution in [3.8, 4) is 0 Å². The van der Waals surface area contributed by atoms with Gasteiger partial charge < -0.3 is 15.0 Å². The van der Waals surface area contributed by atoms with E-state index in [1.807, 2.05) is 0 Å². The van der Waals surface area contributed by atoms with Gasteiger partial charge in [-0.05, 0) is 31.6 Å². The molecule has 126 valence electrons. The molecular weight excluding hydrogens is 311 g/mol. The Labute approximate surface area is 167 Å². The van der Waals surface area contributed by atoms with Crippen molar-refractivity contribution in [2.45, 2.75) is 46.5 Å². The number of hydrogen-bond acceptors (Lipinski definition) is 2. The Bertz CT molecular complexity index is 592. The molecule has 1 aromatic rings. The molecular formula is C20H28NaO3+. The Balaban J connectivity index is 0.00000144. The zero-order valence-electron chi connectivity index (χ0n) is 15.4. The summed E-state index contributed by atoms with van der Waals surface area (Å²) in [6.07, 6.45) is 7.39. The fourth-order valence-corrected chi connectivity index (χ4v) is 3.97. The smallest absolute Gasteiger partial charge is 0.457 e. The number of carbonyl (C=O) groups is 1. The van der Waals surface area contributed by atoms with E-state index in [1.165, 1.54) is 16.7 Å². The van der Waals surface area contributed by atoms with E-state index in [1.54, 1.807) is 0 Å². The third-order valence-corrected chi connectivity index (χ3v) is 5.03. The van der Waals surface area contributed by atoms with Crippen molar-refractivity contribution < 1.29 is 44.6 Å². The van der Waals surface area contributed by atoms with Gasteiger partial charge in [0.25, 0.3) is 0 Å². The maximum atomic E-state index is 12.8. The number of hydrogen-bond donors (Lipinski definition) is 0. The van der Waals surface area contributed by atoms with Gasteiger partial charge in [-0.15, -0.1) is 11.1 Å². The minimum Gasteiger partial charge on any atom is -0.457 e. The maximum Gasteiger partial charge on any atom is 1.00 e. The second-order valence-electron chi connectivity index (χ2n) is 6.88. The number of benzene rings is 1. The topological polar surface area (TPSA) is 59.3 Å². The van der Waals surface area contributed by atoms with Crippen LogP contribution < -0.4 is 29.6 Å². The minimum absolute atomic E-state index is 0. The van der Waals surface area contributed by atoms with E-state index in [0.29, 0.717) is 11.7 Å². The molecule has 1 atom stereocenters. The van der Waals surface area contributed by atoms with Gasteiger partial charge in [0.15, 0.2) is 0 Å². The van der Waals surface area contributed by atoms with Gasteiger partial charge >= 0.3 is 29.6 Å². The van der Waals surface area contributed by atoms with Crippen LogP contribution in [0.2, 0.25) is 0 Å². The van der Waals surface area contributed by atoms with Crippen LogP contribution in [0.5, 0.6) is 0 Å². The molecule has 3 nitrogen and oxygen atoms in total. The summed E-state index contributed by atoms with van der Waals surface area (Å²) in [4.78, 5) is 12.8. The van der Waals surface area contributed by atoms with Gasteiger partial charge in [0.05, 0.1) is 5.78 Å². The Morgan fingerprint density at radius 3 is 2.29 bits per heavy atom. The molecule has 2 aliphatic rings. The third kappa shape index (κ3) is 4.59. The predicted molar refractivity (Wildman–Crippen MR) is 93.4 cm³/mol. The molecule has 0 aromatic heterocycles. The maximum absolute atomic E-state index is 12.8. The van der Waals surface area contributed by atoms with Crippen molar-refractivity contribution in [1.29, 1.82) is 0 Å². The van der Waals surface area contributed by atoms with Crippen molar-refractivity contribution in [1.82, 2.24) is 0 Å². The van der Waals surface area contributed by atoms with Crippen molar-refractivity contribution in [3.05, 3.63) is 40.5 Å². The number of aryl methyl sites for hydroxylation is 3. The van der Waals surface area contributed by atoms with Crippen LogP contribution in [0.15, 0.2) is 12.1 Å². The Hall–Kier alpha value is -0.450. The molecule has 1 aromatic carbocycles. The summed E-state index contributed by atoms with van der Waals surface area (Å²) in [5.74, 6) is 1.09. The van der Waals surface area contributed by atoms with Crippen molar-refractivity contribution in [2.24, 2.45) is 11.8 Å². The first-order chi connectivity index (χ1) is 10.6. The molecule has 1 saturated heterocycles. The molecule has 1 fully saturated rings. The van der Waals surface area contributed by atoms with Gasteiger partial charge in [0.2, 0.25) is 0 Å². The van der Waals surface area contributed by atoms with Crippen molar-refractivity contribution in [3.63, 3.8) is 0 Å². The van der Waals surface area contributed by atoms with E-state index >= 15 is 0 Å². The first-order valence-electron chi connectivity index (χ1n) is 8.37. The minimum atomic E-state index is 0. The van der Waals surface area contributed by atoms with Crippen molar-refractivity contribution in [2.75, 3.05) is 13.2 Å². The fraction of sp³-hybridized carbons (Fsp3) is 0.550. The summed E-state index contributed by atoms with van der Waals surface area (Å²) >= 11 is 0. The van der Waals surface area contributed by atoms with Crippen LogP contribution in [0.3, 0.4) is 0 Å². The number of Topliss-reactive ketones (excluding diaryl/α,β-unsaturated/α-hetero) is 1. The Kier molecular flexibility index (Phi) is 8.37. The molecule has 1 unspecified atom stereocenters. The second kappa shape index (κ2) is 9.30. The summed E-state index contributed by atoms with van der Waals surface area (Å²) in [6, 6.07) is 4.33. The van der Waals surface area contributed by atoms with Crippen LogP contribution in [0.1, 0.15) is 47.9 Å². The summed E-state index contributed by atoms with van der Waals surface area (Å²) in [6.45, 7) is 8.01. The second-order valence-corrected chi connectivity index (χ2v) is 6.88. The monoisotopic (exact) mass is 339 g/mol. The zero-order chi connectivity index (χ0) is 15.7. The van der Waals surface area contributed by atoms with Crippen LogP contribution in [0, 0.1) is 38.7 Å². The Morgan fingerprint density at radius 2 is 1.71 bits per heavy atom. The molecule has 0 radical (unpaired) electrons. The molecule has 0 saturated carbocycles. The molecule has 24 heavy (non-hydrogen) atoms. The summed E-state index contributed by atoms with van der Waals surface area (Å²) in [5, 5.41) is 0. The van der Waals surface area contributed by atoms with Crippen LogP contribution in [-0.2, 0) is 15.0 Å². The number of rotatable bonds is 3. The number of allylic oxidation sites excluding steroid dienone is 2. The average Bonchev–Trinajstić information content (AvgIpc) is 2.81. The van der Waals surface area contributed by atoms with Crippen LogP contribution >= 0.6 is 0 Å². The van der Waals surface area contributed by atoms with E-state index in [9.17, 15) is 4.79 Å². The van der Waals surface area contributed by atoms with Gasteiger partial charge in [-0.25, -0.2) is 0 Å². The van der Waals surface area contributed by atoms with E-state index in [-0.39, 0.29) is 41.0 Å². The molecule has 3 N–H and O–H groups in total. The summed E-state index contributed by atoms with van der Waals surface area (Å²) in [7, 11) is 0. The molecule has 0 bridgehead atoms. The van der Waals surface area contributed by atoms with Gasteiger partial charge in [0.1, 0.15) is 0 Å². The van der Waals surface area contributed by atoms with E-state index < -0.39 is 0 Å². The number of ketones is 1. The first kappa shape index (κ1) is 21.6. The van der Waals surface area contributed by atoms with E-state index in [4.69, 9.17) is 4.74 Å². The molecule has 1 heterocycles. The Morgan fingerprint density at radius 1 is 1.12 bits per heavy atom. The van der Waals surface area contributed by atoms with Gasteiger partial charge in [0, 0.05) is 13.2 Å². The number of ether oxygens (including phenoxy) is 1. The average molecular weight is 339 g/mol. The first-order valence-corrected chi connectivity index (χ1v) is 8.37. The van der Waals surface area contributed by atoms with Gasteiger partial charge in [-0.1, -0.05) is 55.5 Å². The van der Waals surface area contributed by atoms with Crippen LogP contribution in [0.25, 0.3) is 5.57 Å². The van der Waals surface area contributed by atoms with Gasteiger partial charge in [-0.3, -0.25) is 0 Å². The normalized spacial score (nSPS) is 21.0. The third-order valence-electron chi connectivity index (χ3n) is 5.03. The van der Waals surface area contributed by atoms with Crippen molar-refractivity contribution >= 4 is 11.4 Å². The molecule has 1 aliphatic heterocycles. The predicted octanol–water partition coefficient (Wildman–Crippen LogP) is 0.286. The molecule has 4 heteroatoms. The largest absolute Gasteiger partial charge is 1.00 e. The van der Waals surface area contributed by atoms with Gasteiger partial charge in [-0.2, -0.15) is 6.08 Å². The quantitative estimate of drug-likeness (QED) is 0.451. The standard InChI is InChI=1S/C20H25O2.Na.H2O/c1-13-10-14(2)19(15(3)11-13)18-5-4-17(20(18)21)12-16-6-8-22-9-7-16;;/h10-11,16-17H,4,6-9,12H2,1-3H3;;1H2/q-1;+1;/p+1.